The lowest BCUT2D eigenvalue weighted by molar-refractivity contribution is 0.150. The normalized spacial score (nSPS) is 15.8. The molecule has 4 aromatic heterocycles. The van der Waals surface area contributed by atoms with E-state index in [0.29, 0.717) is 5.15 Å². The van der Waals surface area contributed by atoms with Crippen molar-refractivity contribution in [2.24, 2.45) is 5.73 Å². The third-order valence-electron chi connectivity index (χ3n) is 12.3. The van der Waals surface area contributed by atoms with E-state index in [4.69, 9.17) is 32.3 Å². The number of piperazine rings is 2. The Hall–Kier alpha value is -3.99. The minimum Gasteiger partial charge on any atom is -0.367 e. The van der Waals surface area contributed by atoms with Crippen LogP contribution in [0.1, 0.15) is 36.6 Å². The minimum absolute atomic E-state index is 0.506. The zero-order valence-corrected chi connectivity index (χ0v) is 40.8. The van der Waals surface area contributed by atoms with Gasteiger partial charge in [-0.15, -0.1) is 0 Å². The molecule has 63 heavy (non-hydrogen) atoms. The molecular weight excluding hydrogens is 808 g/mol. The lowest BCUT2D eigenvalue weighted by Gasteiger charge is -2.32. The SMILES string of the molecule is CCc1nc2c(Cl)nc3cc(C)ccc3c2n1CCN1CCN(C)CC1.CCc1nc2c(NCCN(C)C)nc3cc(C)ccc3c2n1CCN1CCN(C)CC1.CN(C)CCN. The van der Waals surface area contributed by atoms with E-state index in [1.54, 1.807) is 0 Å². The Labute approximate surface area is 381 Å². The van der Waals surface area contributed by atoms with Crippen LogP contribution in [0.4, 0.5) is 5.82 Å². The molecule has 6 heterocycles. The van der Waals surface area contributed by atoms with Crippen LogP contribution in [-0.2, 0) is 25.9 Å². The average molecular weight is 884 g/mol. The quantitative estimate of drug-likeness (QED) is 0.134. The van der Waals surface area contributed by atoms with Crippen molar-refractivity contribution in [2.45, 2.75) is 53.6 Å². The zero-order chi connectivity index (χ0) is 45.2. The fourth-order valence-corrected chi connectivity index (χ4v) is 8.70. The predicted octanol–water partition coefficient (Wildman–Crippen LogP) is 5.54. The number of hydrogen-bond donors (Lipinski definition) is 2. The van der Waals surface area contributed by atoms with E-state index in [2.05, 4.69) is 141 Å². The van der Waals surface area contributed by atoms with Crippen molar-refractivity contribution >= 4 is 61.3 Å². The fraction of sp³-hybridized carbons (Fsp3) is 0.583. The van der Waals surface area contributed by atoms with Crippen molar-refractivity contribution in [3.05, 3.63) is 64.3 Å². The Morgan fingerprint density at radius 3 is 1.52 bits per heavy atom. The van der Waals surface area contributed by atoms with Gasteiger partial charge in [0.05, 0.1) is 22.1 Å². The molecule has 0 aliphatic carbocycles. The highest BCUT2D eigenvalue weighted by molar-refractivity contribution is 6.35. The molecule has 14 nitrogen and oxygen atoms in total. The Balaban J connectivity index is 0.000000188. The number of imidazole rings is 2. The van der Waals surface area contributed by atoms with Gasteiger partial charge in [-0.1, -0.05) is 49.7 Å². The van der Waals surface area contributed by atoms with Gasteiger partial charge in [0, 0.05) is 128 Å². The summed E-state index contributed by atoms with van der Waals surface area (Å²) in [5.41, 5.74) is 13.8. The second kappa shape index (κ2) is 22.8. The molecule has 0 spiro atoms. The van der Waals surface area contributed by atoms with E-state index in [1.807, 2.05) is 14.1 Å². The smallest absolute Gasteiger partial charge is 0.157 e. The fourth-order valence-electron chi connectivity index (χ4n) is 8.48. The molecule has 2 saturated heterocycles. The van der Waals surface area contributed by atoms with Gasteiger partial charge in [-0.3, -0.25) is 9.80 Å². The first-order chi connectivity index (χ1) is 30.3. The highest BCUT2D eigenvalue weighted by atomic mass is 35.5. The van der Waals surface area contributed by atoms with E-state index >= 15 is 0 Å². The van der Waals surface area contributed by atoms with Gasteiger partial charge in [0.25, 0.3) is 0 Å². The third kappa shape index (κ3) is 12.4. The molecule has 15 heteroatoms. The van der Waals surface area contributed by atoms with Crippen LogP contribution in [0.2, 0.25) is 5.15 Å². The molecule has 3 N–H and O–H groups in total. The molecule has 344 valence electrons. The van der Waals surface area contributed by atoms with Crippen molar-refractivity contribution in [2.75, 3.05) is 139 Å². The Bertz CT molecular complexity index is 2390. The van der Waals surface area contributed by atoms with Crippen molar-refractivity contribution in [1.29, 1.82) is 0 Å². The molecule has 2 aromatic carbocycles. The number of fused-ring (bicyclic) bond motifs is 6. The van der Waals surface area contributed by atoms with E-state index in [-0.39, 0.29) is 0 Å². The maximum atomic E-state index is 6.49. The molecule has 0 radical (unpaired) electrons. The van der Waals surface area contributed by atoms with Crippen molar-refractivity contribution in [3.8, 4) is 0 Å². The van der Waals surface area contributed by atoms with Crippen LogP contribution < -0.4 is 11.1 Å². The maximum Gasteiger partial charge on any atom is 0.157 e. The summed E-state index contributed by atoms with van der Waals surface area (Å²) in [5, 5.41) is 6.40. The number of benzene rings is 2. The van der Waals surface area contributed by atoms with Gasteiger partial charge in [0.1, 0.15) is 22.7 Å². The molecule has 8 rings (SSSR count). The molecule has 6 aromatic rings. The summed E-state index contributed by atoms with van der Waals surface area (Å²) in [7, 11) is 12.6. The summed E-state index contributed by atoms with van der Waals surface area (Å²) in [6, 6.07) is 13.0. The molecule has 0 amide bonds. The minimum atomic E-state index is 0.506. The number of aryl methyl sites for hydroxylation is 4. The Morgan fingerprint density at radius 1 is 0.619 bits per heavy atom. The highest BCUT2D eigenvalue weighted by Crippen LogP contribution is 2.32. The van der Waals surface area contributed by atoms with Gasteiger partial charge in [-0.2, -0.15) is 0 Å². The number of aromatic nitrogens is 6. The first kappa shape index (κ1) is 48.5. The second-order valence-electron chi connectivity index (χ2n) is 18.0. The number of pyridine rings is 2. The van der Waals surface area contributed by atoms with Gasteiger partial charge >= 0.3 is 0 Å². The molecule has 2 fully saturated rings. The van der Waals surface area contributed by atoms with Gasteiger partial charge in [0.2, 0.25) is 0 Å². The number of rotatable bonds is 14. The van der Waals surface area contributed by atoms with E-state index in [1.165, 1.54) is 22.0 Å². The summed E-state index contributed by atoms with van der Waals surface area (Å²) in [4.78, 5) is 33.6. The zero-order valence-electron chi connectivity index (χ0n) is 40.0. The number of hydrogen-bond acceptors (Lipinski definition) is 12. The van der Waals surface area contributed by atoms with Crippen LogP contribution in [0.3, 0.4) is 0 Å². The second-order valence-corrected chi connectivity index (χ2v) is 18.3. The number of nitrogens with zero attached hydrogens (tertiary/aromatic N) is 12. The van der Waals surface area contributed by atoms with Crippen molar-refractivity contribution in [3.63, 3.8) is 0 Å². The van der Waals surface area contributed by atoms with Gasteiger partial charge in [-0.25, -0.2) is 19.9 Å². The summed E-state index contributed by atoms with van der Waals surface area (Å²) in [6.45, 7) is 25.3. The largest absolute Gasteiger partial charge is 0.367 e. The Kier molecular flexibility index (Phi) is 17.5. The first-order valence-corrected chi connectivity index (χ1v) is 23.5. The van der Waals surface area contributed by atoms with Crippen LogP contribution >= 0.6 is 11.6 Å². The lowest BCUT2D eigenvalue weighted by atomic mass is 10.1. The summed E-state index contributed by atoms with van der Waals surface area (Å²) in [6.07, 6.45) is 1.81. The molecule has 2 aliphatic heterocycles. The van der Waals surface area contributed by atoms with Crippen molar-refractivity contribution < 1.29 is 0 Å². The predicted molar refractivity (Wildman–Crippen MR) is 266 cm³/mol. The molecule has 0 unspecified atom stereocenters. The monoisotopic (exact) mass is 883 g/mol. The van der Waals surface area contributed by atoms with Crippen LogP contribution in [0.5, 0.6) is 0 Å². The molecule has 0 atom stereocenters. The topological polar surface area (TPSA) is 119 Å². The molecular formula is C48H75ClN14. The molecule has 2 aliphatic rings. The van der Waals surface area contributed by atoms with Crippen molar-refractivity contribution in [1.82, 2.24) is 58.5 Å². The number of anilines is 1. The third-order valence-corrected chi connectivity index (χ3v) is 12.6. The number of nitrogens with two attached hydrogens (primary N) is 1. The highest BCUT2D eigenvalue weighted by Gasteiger charge is 2.21. The maximum absolute atomic E-state index is 6.49. The van der Waals surface area contributed by atoms with Crippen LogP contribution in [0, 0.1) is 13.8 Å². The van der Waals surface area contributed by atoms with Crippen LogP contribution in [-0.4, -0.2) is 192 Å². The van der Waals surface area contributed by atoms with Gasteiger partial charge in [-0.05, 0) is 79.4 Å². The van der Waals surface area contributed by atoms with Crippen LogP contribution in [0.25, 0.3) is 43.9 Å². The first-order valence-electron chi connectivity index (χ1n) is 23.1. The number of nitrogens with one attached hydrogen (secondary N) is 1. The average Bonchev–Trinajstić information content (AvgIpc) is 3.82. The van der Waals surface area contributed by atoms with E-state index in [9.17, 15) is 0 Å². The summed E-state index contributed by atoms with van der Waals surface area (Å²) in [5.74, 6) is 3.14. The van der Waals surface area contributed by atoms with Crippen LogP contribution in [0.15, 0.2) is 36.4 Å². The van der Waals surface area contributed by atoms with Gasteiger partial charge < -0.3 is 39.8 Å². The molecule has 0 bridgehead atoms. The van der Waals surface area contributed by atoms with E-state index < -0.39 is 0 Å². The standard InChI is InChI=1S/C24H37N7.C20H26ClN5.C4H12N2/c1-6-21-27-22-23(31(21)16-15-30-13-11-29(5)12-14-30)19-8-7-18(2)17-20(19)26-24(22)25-9-10-28(3)4;1-4-17-23-18-19(15-6-5-14(2)13-16(15)22-20(18)21)26(17)12-11-25-9-7-24(3)8-10-25;1-6(2)4-3-5/h7-8,17H,6,9-16H2,1-5H3,(H,25,26);5-6,13H,4,7-12H2,1-3H3;3-5H2,1-2H3. The number of halogens is 1. The lowest BCUT2D eigenvalue weighted by Crippen LogP contribution is -2.45. The summed E-state index contributed by atoms with van der Waals surface area (Å²) < 4.78 is 4.81. The van der Waals surface area contributed by atoms with E-state index in [0.717, 1.165) is 168 Å². The summed E-state index contributed by atoms with van der Waals surface area (Å²) >= 11 is 6.49. The Morgan fingerprint density at radius 2 is 1.08 bits per heavy atom. The molecule has 0 saturated carbocycles. The number of likely N-dealkylation sites (N-methyl/N-ethyl adjacent to an activating group) is 4. The van der Waals surface area contributed by atoms with Gasteiger partial charge in [0.15, 0.2) is 11.0 Å².